The molecule has 1 amide bonds. The van der Waals surface area contributed by atoms with Crippen molar-refractivity contribution in [3.8, 4) is 5.75 Å². The highest BCUT2D eigenvalue weighted by Crippen LogP contribution is 2.39. The predicted molar refractivity (Wildman–Crippen MR) is 132 cm³/mol. The summed E-state index contributed by atoms with van der Waals surface area (Å²) in [6.07, 6.45) is 2.29. The van der Waals surface area contributed by atoms with E-state index >= 15 is 0 Å². The lowest BCUT2D eigenvalue weighted by molar-refractivity contribution is -0.120. The molecule has 0 spiro atoms. The van der Waals surface area contributed by atoms with Crippen LogP contribution in [-0.2, 0) is 10.2 Å². The number of amides is 1. The minimum Gasteiger partial charge on any atom is -0.493 e. The number of carbonyl (C=O) groups is 1. The second-order valence-corrected chi connectivity index (χ2v) is 7.67. The standard InChI is InChI=1S/C29H27NO2/c1-3-21-29(22-13-7-5-8-14-22,23-15-9-6-10-16-23)28(31)30-26-19-20-27(32-4-2)25-18-12-11-17-24(25)26/h3,5-20H,1,4,21H2,2H3,(H,30,31). The van der Waals surface area contributed by atoms with E-state index < -0.39 is 5.41 Å². The molecule has 0 aromatic heterocycles. The highest BCUT2D eigenvalue weighted by atomic mass is 16.5. The van der Waals surface area contributed by atoms with Gasteiger partial charge in [-0.3, -0.25) is 4.79 Å². The molecule has 4 aromatic rings. The lowest BCUT2D eigenvalue weighted by atomic mass is 9.71. The lowest BCUT2D eigenvalue weighted by Crippen LogP contribution is -2.41. The summed E-state index contributed by atoms with van der Waals surface area (Å²) in [5, 5.41) is 5.15. The minimum absolute atomic E-state index is 0.0934. The van der Waals surface area contributed by atoms with Gasteiger partial charge in [0.25, 0.3) is 0 Å². The summed E-state index contributed by atoms with van der Waals surface area (Å²) in [4.78, 5) is 14.1. The number of hydrogen-bond acceptors (Lipinski definition) is 2. The highest BCUT2D eigenvalue weighted by Gasteiger charge is 2.41. The molecule has 0 atom stereocenters. The fourth-order valence-electron chi connectivity index (χ4n) is 4.31. The maximum atomic E-state index is 14.1. The lowest BCUT2D eigenvalue weighted by Gasteiger charge is -2.33. The molecular weight excluding hydrogens is 394 g/mol. The molecule has 0 bridgehead atoms. The number of nitrogens with one attached hydrogen (secondary N) is 1. The van der Waals surface area contributed by atoms with Gasteiger partial charge in [-0.15, -0.1) is 6.58 Å². The minimum atomic E-state index is -0.899. The van der Waals surface area contributed by atoms with Crippen LogP contribution in [0, 0.1) is 0 Å². The normalized spacial score (nSPS) is 11.2. The van der Waals surface area contributed by atoms with Crippen LogP contribution in [0.15, 0.2) is 110 Å². The van der Waals surface area contributed by atoms with Gasteiger partial charge >= 0.3 is 0 Å². The molecule has 4 aromatic carbocycles. The Kier molecular flexibility index (Phi) is 6.37. The van der Waals surface area contributed by atoms with E-state index in [0.717, 1.165) is 33.3 Å². The zero-order chi connectivity index (χ0) is 22.4. The molecule has 1 N–H and O–H groups in total. The van der Waals surface area contributed by atoms with Crippen LogP contribution in [0.2, 0.25) is 0 Å². The molecule has 0 fully saturated rings. The second-order valence-electron chi connectivity index (χ2n) is 7.67. The van der Waals surface area contributed by atoms with E-state index in [4.69, 9.17) is 4.74 Å². The largest absolute Gasteiger partial charge is 0.493 e. The molecule has 32 heavy (non-hydrogen) atoms. The molecule has 4 rings (SSSR count). The van der Waals surface area contributed by atoms with Crippen LogP contribution in [-0.4, -0.2) is 12.5 Å². The quantitative estimate of drug-likeness (QED) is 0.320. The van der Waals surface area contributed by atoms with Crippen molar-refractivity contribution < 1.29 is 9.53 Å². The van der Waals surface area contributed by atoms with Crippen molar-refractivity contribution >= 4 is 22.4 Å². The van der Waals surface area contributed by atoms with E-state index in [1.54, 1.807) is 0 Å². The summed E-state index contributed by atoms with van der Waals surface area (Å²) in [6, 6.07) is 31.6. The summed E-state index contributed by atoms with van der Waals surface area (Å²) in [5.74, 6) is 0.716. The summed E-state index contributed by atoms with van der Waals surface area (Å²) >= 11 is 0. The average molecular weight is 422 g/mol. The van der Waals surface area contributed by atoms with Crippen molar-refractivity contribution in [1.29, 1.82) is 0 Å². The molecule has 0 aliphatic rings. The SMILES string of the molecule is C=CCC(C(=O)Nc1ccc(OCC)c2ccccc12)(c1ccccc1)c1ccccc1. The van der Waals surface area contributed by atoms with Crippen LogP contribution >= 0.6 is 0 Å². The zero-order valence-corrected chi connectivity index (χ0v) is 18.3. The van der Waals surface area contributed by atoms with E-state index in [-0.39, 0.29) is 5.91 Å². The van der Waals surface area contributed by atoms with Gasteiger partial charge in [0.15, 0.2) is 0 Å². The Bertz CT molecular complexity index is 1180. The number of carbonyl (C=O) groups excluding carboxylic acids is 1. The van der Waals surface area contributed by atoms with E-state index in [9.17, 15) is 4.79 Å². The van der Waals surface area contributed by atoms with Crippen molar-refractivity contribution in [3.05, 3.63) is 121 Å². The Morgan fingerprint density at radius 3 is 1.97 bits per heavy atom. The molecular formula is C29H27NO2. The third-order valence-electron chi connectivity index (χ3n) is 5.80. The number of rotatable bonds is 8. The fraction of sp³-hybridized carbons (Fsp3) is 0.138. The van der Waals surface area contributed by atoms with Crippen molar-refractivity contribution in [2.24, 2.45) is 0 Å². The molecule has 0 saturated carbocycles. The monoisotopic (exact) mass is 421 g/mol. The topological polar surface area (TPSA) is 38.3 Å². The van der Waals surface area contributed by atoms with E-state index in [0.29, 0.717) is 13.0 Å². The van der Waals surface area contributed by atoms with Gasteiger partial charge in [-0.1, -0.05) is 91.0 Å². The first-order chi connectivity index (χ1) is 15.7. The van der Waals surface area contributed by atoms with Gasteiger partial charge in [-0.2, -0.15) is 0 Å². The Morgan fingerprint density at radius 2 is 1.41 bits per heavy atom. The van der Waals surface area contributed by atoms with Gasteiger partial charge in [-0.25, -0.2) is 0 Å². The number of fused-ring (bicyclic) bond motifs is 1. The van der Waals surface area contributed by atoms with Gasteiger partial charge in [-0.05, 0) is 36.6 Å². The molecule has 0 unspecified atom stereocenters. The first-order valence-corrected chi connectivity index (χ1v) is 10.9. The number of allylic oxidation sites excluding steroid dienone is 1. The molecule has 0 radical (unpaired) electrons. The van der Waals surface area contributed by atoms with Crippen LogP contribution < -0.4 is 10.1 Å². The molecule has 0 saturated heterocycles. The van der Waals surface area contributed by atoms with Crippen LogP contribution in [0.25, 0.3) is 10.8 Å². The predicted octanol–water partition coefficient (Wildman–Crippen LogP) is 6.74. The number of ether oxygens (including phenoxy) is 1. The Hall–Kier alpha value is -3.85. The summed E-state index contributed by atoms with van der Waals surface area (Å²) in [6.45, 7) is 6.52. The summed E-state index contributed by atoms with van der Waals surface area (Å²) in [5.41, 5.74) is 1.72. The van der Waals surface area contributed by atoms with Gasteiger partial charge in [0.1, 0.15) is 11.2 Å². The van der Waals surface area contributed by atoms with Crippen LogP contribution in [0.1, 0.15) is 24.5 Å². The van der Waals surface area contributed by atoms with Gasteiger partial charge in [0.2, 0.25) is 5.91 Å². The smallest absolute Gasteiger partial charge is 0.239 e. The molecule has 0 heterocycles. The molecule has 0 aliphatic heterocycles. The Balaban J connectivity index is 1.85. The van der Waals surface area contributed by atoms with Crippen molar-refractivity contribution in [3.63, 3.8) is 0 Å². The van der Waals surface area contributed by atoms with E-state index in [2.05, 4.69) is 11.9 Å². The van der Waals surface area contributed by atoms with Crippen LogP contribution in [0.4, 0.5) is 5.69 Å². The highest BCUT2D eigenvalue weighted by molar-refractivity contribution is 6.08. The summed E-state index contributed by atoms with van der Waals surface area (Å²) in [7, 11) is 0. The van der Waals surface area contributed by atoms with Crippen molar-refractivity contribution in [2.75, 3.05) is 11.9 Å². The fourth-order valence-corrected chi connectivity index (χ4v) is 4.31. The first-order valence-electron chi connectivity index (χ1n) is 10.9. The van der Waals surface area contributed by atoms with Gasteiger partial charge in [0.05, 0.1) is 6.61 Å². The second kappa shape index (κ2) is 9.52. The number of anilines is 1. The van der Waals surface area contributed by atoms with Crippen molar-refractivity contribution in [2.45, 2.75) is 18.8 Å². The van der Waals surface area contributed by atoms with Gasteiger partial charge in [0, 0.05) is 16.5 Å². The van der Waals surface area contributed by atoms with Crippen LogP contribution in [0.3, 0.4) is 0 Å². The average Bonchev–Trinajstić information content (AvgIpc) is 2.85. The van der Waals surface area contributed by atoms with Gasteiger partial charge < -0.3 is 10.1 Å². The maximum Gasteiger partial charge on any atom is 0.239 e. The molecule has 0 aliphatic carbocycles. The maximum absolute atomic E-state index is 14.1. The third-order valence-corrected chi connectivity index (χ3v) is 5.80. The molecule has 3 nitrogen and oxygen atoms in total. The molecule has 160 valence electrons. The first kappa shape index (κ1) is 21.4. The molecule has 3 heteroatoms. The van der Waals surface area contributed by atoms with Crippen molar-refractivity contribution in [1.82, 2.24) is 0 Å². The Labute approximate surface area is 189 Å². The third kappa shape index (κ3) is 3.90. The van der Waals surface area contributed by atoms with E-state index in [1.807, 2.05) is 110 Å². The van der Waals surface area contributed by atoms with E-state index in [1.165, 1.54) is 0 Å². The Morgan fingerprint density at radius 1 is 0.844 bits per heavy atom. The van der Waals surface area contributed by atoms with Crippen LogP contribution in [0.5, 0.6) is 5.75 Å². The summed E-state index contributed by atoms with van der Waals surface area (Å²) < 4.78 is 5.80. The number of benzene rings is 4. The number of hydrogen-bond donors (Lipinski definition) is 1. The zero-order valence-electron chi connectivity index (χ0n) is 18.3.